The van der Waals surface area contributed by atoms with Crippen LogP contribution >= 0.6 is 0 Å². The summed E-state index contributed by atoms with van der Waals surface area (Å²) in [5.41, 5.74) is 1.30. The zero-order valence-electron chi connectivity index (χ0n) is 12.0. The van der Waals surface area contributed by atoms with Gasteiger partial charge in [-0.25, -0.2) is 4.98 Å². The van der Waals surface area contributed by atoms with Gasteiger partial charge in [0.15, 0.2) is 0 Å². The predicted octanol–water partition coefficient (Wildman–Crippen LogP) is 2.78. The number of rotatable bonds is 7. The van der Waals surface area contributed by atoms with Gasteiger partial charge in [0.2, 0.25) is 0 Å². The number of benzene rings is 1. The Morgan fingerprint density at radius 1 is 1.19 bits per heavy atom. The molecule has 1 amide bonds. The van der Waals surface area contributed by atoms with Gasteiger partial charge in [0, 0.05) is 32.1 Å². The highest BCUT2D eigenvalue weighted by molar-refractivity contribution is 6.04. The van der Waals surface area contributed by atoms with Crippen LogP contribution in [0.3, 0.4) is 0 Å². The number of methoxy groups -OCH3 is 1. The lowest BCUT2D eigenvalue weighted by atomic mass is 10.2. The number of hydrogen-bond donors (Lipinski definition) is 2. The molecule has 0 aliphatic carbocycles. The molecule has 21 heavy (non-hydrogen) atoms. The van der Waals surface area contributed by atoms with Crippen molar-refractivity contribution in [3.05, 3.63) is 54.2 Å². The van der Waals surface area contributed by atoms with Crippen molar-refractivity contribution in [1.82, 2.24) is 4.98 Å². The molecule has 0 aliphatic rings. The highest BCUT2D eigenvalue weighted by atomic mass is 16.5. The third kappa shape index (κ3) is 4.89. The van der Waals surface area contributed by atoms with Crippen LogP contribution in [0.4, 0.5) is 11.5 Å². The van der Waals surface area contributed by atoms with Crippen LogP contribution < -0.4 is 10.6 Å². The maximum absolute atomic E-state index is 12.0. The minimum Gasteiger partial charge on any atom is -0.385 e. The van der Waals surface area contributed by atoms with Crippen molar-refractivity contribution in [2.24, 2.45) is 0 Å². The molecule has 1 aromatic heterocycles. The van der Waals surface area contributed by atoms with Gasteiger partial charge in [-0.05, 0) is 30.7 Å². The number of carbonyl (C=O) groups is 1. The van der Waals surface area contributed by atoms with Crippen molar-refractivity contribution in [2.75, 3.05) is 30.9 Å². The summed E-state index contributed by atoms with van der Waals surface area (Å²) in [5.74, 6) is 0.585. The van der Waals surface area contributed by atoms with Crippen molar-refractivity contribution < 1.29 is 9.53 Å². The fraction of sp³-hybridized carbons (Fsp3) is 0.250. The summed E-state index contributed by atoms with van der Waals surface area (Å²) < 4.78 is 4.97. The van der Waals surface area contributed by atoms with Gasteiger partial charge in [0.25, 0.3) is 5.91 Å². The average Bonchev–Trinajstić information content (AvgIpc) is 2.53. The third-order valence-corrected chi connectivity index (χ3v) is 2.89. The van der Waals surface area contributed by atoms with Crippen LogP contribution in [-0.2, 0) is 4.74 Å². The smallest absolute Gasteiger partial charge is 0.257 e. The Labute approximate surface area is 124 Å². The number of para-hydroxylation sites is 1. The normalized spacial score (nSPS) is 10.1. The number of amides is 1. The Balaban J connectivity index is 1.88. The molecule has 2 N–H and O–H groups in total. The van der Waals surface area contributed by atoms with E-state index < -0.39 is 0 Å². The second kappa shape index (κ2) is 8.01. The number of nitrogens with one attached hydrogen (secondary N) is 2. The second-order valence-corrected chi connectivity index (χ2v) is 4.53. The first-order chi connectivity index (χ1) is 10.3. The molecular formula is C16H19N3O2. The Kier molecular flexibility index (Phi) is 5.72. The van der Waals surface area contributed by atoms with Crippen LogP contribution in [0.2, 0.25) is 0 Å². The molecule has 110 valence electrons. The second-order valence-electron chi connectivity index (χ2n) is 4.53. The molecule has 0 atom stereocenters. The molecule has 1 aromatic carbocycles. The monoisotopic (exact) mass is 285 g/mol. The molecule has 0 aliphatic heterocycles. The number of hydrogen-bond acceptors (Lipinski definition) is 4. The molecule has 0 unspecified atom stereocenters. The fourth-order valence-corrected chi connectivity index (χ4v) is 1.79. The van der Waals surface area contributed by atoms with E-state index in [0.717, 1.165) is 24.5 Å². The van der Waals surface area contributed by atoms with E-state index >= 15 is 0 Å². The van der Waals surface area contributed by atoms with Gasteiger partial charge >= 0.3 is 0 Å². The lowest BCUT2D eigenvalue weighted by Gasteiger charge is -2.07. The molecule has 5 heteroatoms. The summed E-state index contributed by atoms with van der Waals surface area (Å²) in [6, 6.07) is 12.9. The van der Waals surface area contributed by atoms with E-state index in [2.05, 4.69) is 15.6 Å². The molecule has 0 saturated heterocycles. The zero-order chi connectivity index (χ0) is 14.9. The number of nitrogens with zero attached hydrogens (tertiary/aromatic N) is 1. The number of ether oxygens (including phenoxy) is 1. The highest BCUT2D eigenvalue weighted by Gasteiger charge is 2.06. The zero-order valence-corrected chi connectivity index (χ0v) is 12.0. The van der Waals surface area contributed by atoms with E-state index in [9.17, 15) is 4.79 Å². The van der Waals surface area contributed by atoms with Crippen LogP contribution in [0.1, 0.15) is 16.8 Å². The van der Waals surface area contributed by atoms with Crippen molar-refractivity contribution in [3.8, 4) is 0 Å². The summed E-state index contributed by atoms with van der Waals surface area (Å²) >= 11 is 0. The van der Waals surface area contributed by atoms with Crippen molar-refractivity contribution in [3.63, 3.8) is 0 Å². The Bertz CT molecular complexity index is 555. The first-order valence-electron chi connectivity index (χ1n) is 6.85. The van der Waals surface area contributed by atoms with Crippen LogP contribution in [0.15, 0.2) is 48.7 Å². The van der Waals surface area contributed by atoms with E-state index in [0.29, 0.717) is 12.2 Å². The van der Waals surface area contributed by atoms with Crippen LogP contribution in [0.5, 0.6) is 0 Å². The van der Waals surface area contributed by atoms with Gasteiger partial charge in [0.05, 0.1) is 5.56 Å². The fourth-order valence-electron chi connectivity index (χ4n) is 1.79. The van der Waals surface area contributed by atoms with E-state index in [1.807, 2.05) is 30.3 Å². The maximum atomic E-state index is 12.0. The van der Waals surface area contributed by atoms with E-state index in [1.54, 1.807) is 25.4 Å². The molecule has 0 fully saturated rings. The van der Waals surface area contributed by atoms with Gasteiger partial charge < -0.3 is 15.4 Å². The average molecular weight is 285 g/mol. The molecule has 2 rings (SSSR count). The predicted molar refractivity (Wildman–Crippen MR) is 83.6 cm³/mol. The van der Waals surface area contributed by atoms with Crippen LogP contribution in [0.25, 0.3) is 0 Å². The minimum atomic E-state index is -0.167. The third-order valence-electron chi connectivity index (χ3n) is 2.89. The molecule has 0 radical (unpaired) electrons. The first-order valence-corrected chi connectivity index (χ1v) is 6.85. The summed E-state index contributed by atoms with van der Waals surface area (Å²) in [5, 5.41) is 5.99. The molecule has 5 nitrogen and oxygen atoms in total. The topological polar surface area (TPSA) is 63.2 Å². The van der Waals surface area contributed by atoms with Gasteiger partial charge in [-0.1, -0.05) is 18.2 Å². The number of aromatic nitrogens is 1. The van der Waals surface area contributed by atoms with Crippen molar-refractivity contribution in [2.45, 2.75) is 6.42 Å². The maximum Gasteiger partial charge on any atom is 0.257 e. The molecule has 0 bridgehead atoms. The standard InChI is InChI=1S/C16H19N3O2/c1-21-11-5-10-17-15-9-8-13(12-18-15)16(20)19-14-6-3-2-4-7-14/h2-4,6-9,12H,5,10-11H2,1H3,(H,17,18)(H,19,20). The molecule has 0 spiro atoms. The van der Waals surface area contributed by atoms with Crippen LogP contribution in [0, 0.1) is 0 Å². The molecule has 2 aromatic rings. The molecule has 1 heterocycles. The molecular weight excluding hydrogens is 266 g/mol. The Morgan fingerprint density at radius 3 is 2.67 bits per heavy atom. The Hall–Kier alpha value is -2.40. The quantitative estimate of drug-likeness (QED) is 0.768. The van der Waals surface area contributed by atoms with Gasteiger partial charge in [0.1, 0.15) is 5.82 Å². The summed E-state index contributed by atoms with van der Waals surface area (Å²) in [7, 11) is 1.68. The first kappa shape index (κ1) is 15.0. The van der Waals surface area contributed by atoms with Crippen LogP contribution in [-0.4, -0.2) is 31.2 Å². The number of anilines is 2. The summed E-state index contributed by atoms with van der Waals surface area (Å²) in [6.07, 6.45) is 2.48. The van der Waals surface area contributed by atoms with Gasteiger partial charge in [-0.3, -0.25) is 4.79 Å². The number of carbonyl (C=O) groups excluding carboxylic acids is 1. The van der Waals surface area contributed by atoms with Crippen molar-refractivity contribution in [1.29, 1.82) is 0 Å². The SMILES string of the molecule is COCCCNc1ccc(C(=O)Nc2ccccc2)cn1. The van der Waals surface area contributed by atoms with Gasteiger partial charge in [-0.15, -0.1) is 0 Å². The lowest BCUT2D eigenvalue weighted by Crippen LogP contribution is -2.12. The largest absolute Gasteiger partial charge is 0.385 e. The Morgan fingerprint density at radius 2 is 2.00 bits per heavy atom. The van der Waals surface area contributed by atoms with E-state index in [1.165, 1.54) is 0 Å². The molecule has 0 saturated carbocycles. The van der Waals surface area contributed by atoms with E-state index in [-0.39, 0.29) is 5.91 Å². The van der Waals surface area contributed by atoms with Crippen molar-refractivity contribution >= 4 is 17.4 Å². The van der Waals surface area contributed by atoms with E-state index in [4.69, 9.17) is 4.74 Å². The highest BCUT2D eigenvalue weighted by Crippen LogP contribution is 2.10. The van der Waals surface area contributed by atoms with Gasteiger partial charge in [-0.2, -0.15) is 0 Å². The minimum absolute atomic E-state index is 0.167. The summed E-state index contributed by atoms with van der Waals surface area (Å²) in [4.78, 5) is 16.3. The lowest BCUT2D eigenvalue weighted by molar-refractivity contribution is 0.102. The summed E-state index contributed by atoms with van der Waals surface area (Å²) in [6.45, 7) is 1.50. The number of pyridine rings is 1.